The first-order valence-electron chi connectivity index (χ1n) is 10.3. The zero-order valence-electron chi connectivity index (χ0n) is 17.9. The zero-order valence-corrected chi connectivity index (χ0v) is 19.5. The molecule has 0 atom stereocenters. The minimum Gasteiger partial charge on any atom is -0.505 e. The van der Waals surface area contributed by atoms with Crippen LogP contribution in [0.15, 0.2) is 96.6 Å². The van der Waals surface area contributed by atoms with Crippen molar-refractivity contribution in [1.82, 2.24) is 4.57 Å². The standard InChI is InChI=1S/C26H18ClNO5S/c1-32-17-6-4-5-15(13-17)14-28-20-8-3-2-7-19(20)23-21(25(28)30)22(29)24(26(31)33-23)34-18-11-9-16(27)10-12-18/h2-13,29H,14H2,1H3. The fourth-order valence-corrected chi connectivity index (χ4v) is 4.82. The van der Waals surface area contributed by atoms with E-state index in [4.69, 9.17) is 20.8 Å². The Hall–Kier alpha value is -3.68. The second-order valence-electron chi connectivity index (χ2n) is 7.59. The number of aromatic nitrogens is 1. The Morgan fingerprint density at radius 2 is 1.79 bits per heavy atom. The van der Waals surface area contributed by atoms with Gasteiger partial charge in [0.15, 0.2) is 11.3 Å². The Labute approximate surface area is 203 Å². The second kappa shape index (κ2) is 8.93. The highest BCUT2D eigenvalue weighted by Crippen LogP contribution is 2.37. The van der Waals surface area contributed by atoms with Crippen molar-refractivity contribution in [1.29, 1.82) is 0 Å². The Kier molecular flexibility index (Phi) is 5.81. The summed E-state index contributed by atoms with van der Waals surface area (Å²) in [5.41, 5.74) is 0.309. The summed E-state index contributed by atoms with van der Waals surface area (Å²) in [6.07, 6.45) is 0. The normalized spacial score (nSPS) is 11.2. The van der Waals surface area contributed by atoms with Crippen molar-refractivity contribution in [3.63, 3.8) is 0 Å². The van der Waals surface area contributed by atoms with Crippen LogP contribution in [0.2, 0.25) is 5.02 Å². The summed E-state index contributed by atoms with van der Waals surface area (Å²) in [5, 5.41) is 12.2. The van der Waals surface area contributed by atoms with Crippen molar-refractivity contribution in [2.75, 3.05) is 7.11 Å². The zero-order chi connectivity index (χ0) is 23.8. The lowest BCUT2D eigenvalue weighted by Crippen LogP contribution is -2.22. The van der Waals surface area contributed by atoms with Crippen molar-refractivity contribution < 1.29 is 14.3 Å². The number of benzene rings is 3. The number of hydrogen-bond donors (Lipinski definition) is 1. The number of fused-ring (bicyclic) bond motifs is 3. The molecule has 0 radical (unpaired) electrons. The van der Waals surface area contributed by atoms with Crippen molar-refractivity contribution in [2.45, 2.75) is 16.3 Å². The van der Waals surface area contributed by atoms with E-state index in [1.54, 1.807) is 60.2 Å². The van der Waals surface area contributed by atoms with E-state index in [0.29, 0.717) is 26.6 Å². The van der Waals surface area contributed by atoms with E-state index in [9.17, 15) is 14.7 Å². The molecule has 2 aromatic heterocycles. The first kappa shape index (κ1) is 22.1. The predicted octanol–water partition coefficient (Wildman–Crippen LogP) is 5.68. The number of aromatic hydroxyl groups is 1. The van der Waals surface area contributed by atoms with Gasteiger partial charge >= 0.3 is 5.63 Å². The van der Waals surface area contributed by atoms with Gasteiger partial charge in [0.25, 0.3) is 5.56 Å². The van der Waals surface area contributed by atoms with Crippen molar-refractivity contribution in [2.24, 2.45) is 0 Å². The van der Waals surface area contributed by atoms with Crippen LogP contribution in [0.25, 0.3) is 21.9 Å². The number of ether oxygens (including phenoxy) is 1. The van der Waals surface area contributed by atoms with Gasteiger partial charge in [-0.3, -0.25) is 4.79 Å². The SMILES string of the molecule is COc1cccc(Cn2c(=O)c3c(O)c(Sc4ccc(Cl)cc4)c(=O)oc3c3ccccc32)c1. The summed E-state index contributed by atoms with van der Waals surface area (Å²) in [5.74, 6) is 0.271. The molecule has 1 N–H and O–H groups in total. The molecule has 0 amide bonds. The maximum Gasteiger partial charge on any atom is 0.354 e. The molecule has 5 aromatic rings. The number of nitrogens with zero attached hydrogens (tertiary/aromatic N) is 1. The quantitative estimate of drug-likeness (QED) is 0.319. The van der Waals surface area contributed by atoms with Gasteiger partial charge in [0.05, 0.1) is 19.2 Å². The third-order valence-corrected chi connectivity index (χ3v) is 6.79. The van der Waals surface area contributed by atoms with Gasteiger partial charge < -0.3 is 18.8 Å². The molecule has 3 aromatic carbocycles. The molecule has 0 aliphatic heterocycles. The highest BCUT2D eigenvalue weighted by molar-refractivity contribution is 7.99. The molecule has 6 nitrogen and oxygen atoms in total. The summed E-state index contributed by atoms with van der Waals surface area (Å²) in [7, 11) is 1.58. The summed E-state index contributed by atoms with van der Waals surface area (Å²) in [6.45, 7) is 0.241. The topological polar surface area (TPSA) is 81.7 Å². The molecule has 0 unspecified atom stereocenters. The lowest BCUT2D eigenvalue weighted by molar-refractivity contribution is 0.414. The van der Waals surface area contributed by atoms with Crippen LogP contribution in [0.3, 0.4) is 0 Å². The van der Waals surface area contributed by atoms with E-state index in [2.05, 4.69) is 0 Å². The number of pyridine rings is 1. The number of para-hydroxylation sites is 1. The Balaban J connectivity index is 1.75. The number of methoxy groups -OCH3 is 1. The van der Waals surface area contributed by atoms with Crippen LogP contribution in [0.4, 0.5) is 0 Å². The Bertz CT molecular complexity index is 1660. The van der Waals surface area contributed by atoms with E-state index in [1.807, 2.05) is 24.3 Å². The van der Waals surface area contributed by atoms with E-state index in [1.165, 1.54) is 0 Å². The summed E-state index contributed by atoms with van der Waals surface area (Å²) >= 11 is 6.96. The average Bonchev–Trinajstić information content (AvgIpc) is 2.85. The van der Waals surface area contributed by atoms with Gasteiger partial charge in [-0.2, -0.15) is 0 Å². The van der Waals surface area contributed by atoms with Crippen molar-refractivity contribution >= 4 is 45.2 Å². The van der Waals surface area contributed by atoms with Crippen LogP contribution in [0.5, 0.6) is 11.5 Å². The average molecular weight is 492 g/mol. The van der Waals surface area contributed by atoms with Crippen LogP contribution in [0.1, 0.15) is 5.56 Å². The van der Waals surface area contributed by atoms with Crippen molar-refractivity contribution in [3.05, 3.63) is 104 Å². The van der Waals surface area contributed by atoms with Gasteiger partial charge in [-0.1, -0.05) is 47.6 Å². The molecule has 0 fully saturated rings. The third kappa shape index (κ3) is 3.93. The fraction of sp³-hybridized carbons (Fsp3) is 0.0769. The molecule has 0 saturated carbocycles. The maximum atomic E-state index is 13.7. The van der Waals surface area contributed by atoms with Crippen LogP contribution in [0, 0.1) is 0 Å². The lowest BCUT2D eigenvalue weighted by Gasteiger charge is -2.14. The molecule has 2 heterocycles. The minimum atomic E-state index is -0.722. The molecule has 0 aliphatic rings. The summed E-state index contributed by atoms with van der Waals surface area (Å²) < 4.78 is 12.5. The summed E-state index contributed by atoms with van der Waals surface area (Å²) in [4.78, 5) is 27.1. The second-order valence-corrected chi connectivity index (χ2v) is 9.11. The lowest BCUT2D eigenvalue weighted by atomic mass is 10.1. The highest BCUT2D eigenvalue weighted by Gasteiger charge is 2.22. The van der Waals surface area contributed by atoms with Crippen LogP contribution < -0.4 is 15.9 Å². The number of hydrogen-bond acceptors (Lipinski definition) is 6. The molecular formula is C26H18ClNO5S. The van der Waals surface area contributed by atoms with Crippen LogP contribution in [-0.4, -0.2) is 16.8 Å². The largest absolute Gasteiger partial charge is 0.505 e. The van der Waals surface area contributed by atoms with E-state index < -0.39 is 16.9 Å². The monoisotopic (exact) mass is 491 g/mol. The first-order chi connectivity index (χ1) is 16.5. The molecule has 0 bridgehead atoms. The van der Waals surface area contributed by atoms with Gasteiger partial charge in [0.2, 0.25) is 0 Å². The first-order valence-corrected chi connectivity index (χ1v) is 11.5. The van der Waals surface area contributed by atoms with Gasteiger partial charge in [-0.25, -0.2) is 4.79 Å². The van der Waals surface area contributed by atoms with E-state index in [-0.39, 0.29) is 22.4 Å². The minimum absolute atomic E-state index is 0.0438. The third-order valence-electron chi connectivity index (χ3n) is 5.47. The predicted molar refractivity (Wildman–Crippen MR) is 134 cm³/mol. The van der Waals surface area contributed by atoms with Gasteiger partial charge in [0.1, 0.15) is 16.0 Å². The molecule has 34 heavy (non-hydrogen) atoms. The Morgan fingerprint density at radius 3 is 2.56 bits per heavy atom. The molecule has 170 valence electrons. The molecule has 8 heteroatoms. The van der Waals surface area contributed by atoms with Gasteiger partial charge in [0, 0.05) is 15.3 Å². The van der Waals surface area contributed by atoms with Gasteiger partial charge in [-0.05, 0) is 54.1 Å². The smallest absolute Gasteiger partial charge is 0.354 e. The molecular weight excluding hydrogens is 474 g/mol. The maximum absolute atomic E-state index is 13.7. The summed E-state index contributed by atoms with van der Waals surface area (Å²) in [6, 6.07) is 21.3. The van der Waals surface area contributed by atoms with Gasteiger partial charge in [-0.15, -0.1) is 0 Å². The van der Waals surface area contributed by atoms with Crippen LogP contribution >= 0.6 is 23.4 Å². The van der Waals surface area contributed by atoms with Crippen molar-refractivity contribution in [3.8, 4) is 11.5 Å². The van der Waals surface area contributed by atoms with E-state index >= 15 is 0 Å². The molecule has 0 aliphatic carbocycles. The number of halogens is 1. The number of rotatable bonds is 5. The molecule has 0 saturated heterocycles. The van der Waals surface area contributed by atoms with Crippen LogP contribution in [-0.2, 0) is 6.54 Å². The molecule has 5 rings (SSSR count). The highest BCUT2D eigenvalue weighted by atomic mass is 35.5. The molecule has 0 spiro atoms. The van der Waals surface area contributed by atoms with E-state index in [0.717, 1.165) is 17.3 Å². The Morgan fingerprint density at radius 1 is 1.03 bits per heavy atom. The fourth-order valence-electron chi connectivity index (χ4n) is 3.86.